The summed E-state index contributed by atoms with van der Waals surface area (Å²) in [6.07, 6.45) is 0. The van der Waals surface area contributed by atoms with Crippen LogP contribution in [-0.2, 0) is 4.74 Å². The number of benzene rings is 2. The van der Waals surface area contributed by atoms with E-state index in [1.807, 2.05) is 0 Å². The van der Waals surface area contributed by atoms with Gasteiger partial charge in [0.15, 0.2) is 11.6 Å². The Hall–Kier alpha value is -2.67. The molecule has 0 saturated heterocycles. The van der Waals surface area contributed by atoms with Crippen LogP contribution in [0.3, 0.4) is 0 Å². The van der Waals surface area contributed by atoms with Crippen molar-refractivity contribution in [2.75, 3.05) is 19.5 Å². The van der Waals surface area contributed by atoms with Crippen LogP contribution < -0.4 is 5.32 Å². The second-order valence-electron chi connectivity index (χ2n) is 5.58. The quantitative estimate of drug-likeness (QED) is 0.784. The van der Waals surface area contributed by atoms with Gasteiger partial charge in [-0.15, -0.1) is 0 Å². The first-order valence-corrected chi connectivity index (χ1v) is 7.99. The fourth-order valence-electron chi connectivity index (χ4n) is 2.25. The van der Waals surface area contributed by atoms with E-state index >= 15 is 0 Å². The molecule has 1 N–H and O–H groups in total. The summed E-state index contributed by atoms with van der Waals surface area (Å²) >= 11 is 5.94. The van der Waals surface area contributed by atoms with E-state index in [1.165, 1.54) is 43.3 Å². The van der Waals surface area contributed by atoms with Gasteiger partial charge in [0.05, 0.1) is 23.7 Å². The van der Waals surface area contributed by atoms with Crippen LogP contribution in [0.5, 0.6) is 0 Å². The second-order valence-corrected chi connectivity index (χ2v) is 5.98. The number of hydrogen-bond donors (Lipinski definition) is 1. The summed E-state index contributed by atoms with van der Waals surface area (Å²) in [5, 5.41) is 2.81. The van der Waals surface area contributed by atoms with Crippen molar-refractivity contribution in [1.29, 1.82) is 0 Å². The van der Waals surface area contributed by atoms with Crippen LogP contribution in [0.2, 0.25) is 5.02 Å². The lowest BCUT2D eigenvalue weighted by molar-refractivity contribution is 0.0601. The molecule has 0 aromatic heterocycles. The highest BCUT2D eigenvalue weighted by molar-refractivity contribution is 6.33. The molecule has 2 aromatic rings. The van der Waals surface area contributed by atoms with E-state index in [0.717, 1.165) is 12.1 Å². The van der Waals surface area contributed by atoms with Crippen LogP contribution >= 0.6 is 11.6 Å². The van der Waals surface area contributed by atoms with E-state index in [1.54, 1.807) is 6.92 Å². The van der Waals surface area contributed by atoms with Crippen LogP contribution in [0.15, 0.2) is 36.4 Å². The SMILES string of the molecule is COC(=O)c1cc(NC(=O)N(C)C(C)c2ccc(F)c(F)c2)ccc1Cl. The van der Waals surface area contributed by atoms with Crippen molar-refractivity contribution in [3.05, 3.63) is 64.2 Å². The number of esters is 1. The molecule has 0 aliphatic rings. The molecule has 0 spiro atoms. The Morgan fingerprint density at radius 2 is 1.85 bits per heavy atom. The molecule has 0 fully saturated rings. The molecule has 0 bridgehead atoms. The molecule has 1 unspecified atom stereocenters. The van der Waals surface area contributed by atoms with Gasteiger partial charge in [0.1, 0.15) is 0 Å². The molecule has 138 valence electrons. The topological polar surface area (TPSA) is 58.6 Å². The third kappa shape index (κ3) is 4.29. The van der Waals surface area contributed by atoms with Crippen molar-refractivity contribution in [2.24, 2.45) is 0 Å². The summed E-state index contributed by atoms with van der Waals surface area (Å²) in [7, 11) is 2.74. The molecule has 2 aromatic carbocycles. The van der Waals surface area contributed by atoms with Crippen LogP contribution in [0.25, 0.3) is 0 Å². The summed E-state index contributed by atoms with van der Waals surface area (Å²) in [6.45, 7) is 1.67. The third-order valence-electron chi connectivity index (χ3n) is 3.95. The van der Waals surface area contributed by atoms with Gasteiger partial charge in [-0.3, -0.25) is 0 Å². The molecule has 0 saturated carbocycles. The normalized spacial score (nSPS) is 11.6. The van der Waals surface area contributed by atoms with Crippen molar-refractivity contribution < 1.29 is 23.1 Å². The smallest absolute Gasteiger partial charge is 0.339 e. The molecule has 2 rings (SSSR count). The number of urea groups is 1. The number of amides is 2. The van der Waals surface area contributed by atoms with Crippen LogP contribution in [-0.4, -0.2) is 31.1 Å². The van der Waals surface area contributed by atoms with E-state index in [2.05, 4.69) is 10.1 Å². The van der Waals surface area contributed by atoms with Crippen molar-refractivity contribution in [2.45, 2.75) is 13.0 Å². The minimum atomic E-state index is -0.983. The monoisotopic (exact) mass is 382 g/mol. The zero-order valence-electron chi connectivity index (χ0n) is 14.3. The lowest BCUT2D eigenvalue weighted by Gasteiger charge is -2.25. The summed E-state index contributed by atoms with van der Waals surface area (Å²) in [5.74, 6) is -2.57. The maximum atomic E-state index is 13.4. The predicted octanol–water partition coefficient (Wildman–Crippen LogP) is 4.63. The fraction of sp³-hybridized carbons (Fsp3) is 0.222. The van der Waals surface area contributed by atoms with Crippen LogP contribution in [0.4, 0.5) is 19.3 Å². The van der Waals surface area contributed by atoms with Gasteiger partial charge in [-0.05, 0) is 42.8 Å². The Bertz CT molecular complexity index is 845. The summed E-state index contributed by atoms with van der Waals surface area (Å²) in [6, 6.07) is 6.83. The summed E-state index contributed by atoms with van der Waals surface area (Å²) in [5.41, 5.74) is 0.889. The molecule has 0 radical (unpaired) electrons. The fourth-order valence-corrected chi connectivity index (χ4v) is 2.45. The Morgan fingerprint density at radius 1 is 1.15 bits per heavy atom. The van der Waals surface area contributed by atoms with Gasteiger partial charge in [0, 0.05) is 12.7 Å². The highest BCUT2D eigenvalue weighted by atomic mass is 35.5. The summed E-state index contributed by atoms with van der Waals surface area (Å²) in [4.78, 5) is 25.4. The number of carbonyl (C=O) groups is 2. The van der Waals surface area contributed by atoms with Crippen molar-refractivity contribution in [1.82, 2.24) is 4.90 Å². The van der Waals surface area contributed by atoms with Gasteiger partial charge in [-0.2, -0.15) is 0 Å². The molecule has 1 atom stereocenters. The highest BCUT2D eigenvalue weighted by Gasteiger charge is 2.20. The summed E-state index contributed by atoms with van der Waals surface area (Å²) < 4.78 is 31.1. The number of rotatable bonds is 4. The number of nitrogens with one attached hydrogen (secondary N) is 1. The van der Waals surface area contributed by atoms with Crippen molar-refractivity contribution in [3.63, 3.8) is 0 Å². The van der Waals surface area contributed by atoms with Crippen molar-refractivity contribution >= 4 is 29.3 Å². The molecule has 0 aliphatic heterocycles. The lowest BCUT2D eigenvalue weighted by Crippen LogP contribution is -2.33. The lowest BCUT2D eigenvalue weighted by atomic mass is 10.1. The van der Waals surface area contributed by atoms with E-state index in [4.69, 9.17) is 11.6 Å². The number of methoxy groups -OCH3 is 1. The Morgan fingerprint density at radius 3 is 2.46 bits per heavy atom. The largest absolute Gasteiger partial charge is 0.465 e. The average Bonchev–Trinajstić information content (AvgIpc) is 2.63. The van der Waals surface area contributed by atoms with Crippen LogP contribution in [0.1, 0.15) is 28.9 Å². The first-order chi connectivity index (χ1) is 12.2. The second kappa shape index (κ2) is 8.14. The maximum absolute atomic E-state index is 13.4. The van der Waals surface area contributed by atoms with Crippen molar-refractivity contribution in [3.8, 4) is 0 Å². The molecule has 5 nitrogen and oxygen atoms in total. The van der Waals surface area contributed by atoms with Gasteiger partial charge in [-0.25, -0.2) is 18.4 Å². The molecular weight excluding hydrogens is 366 g/mol. The minimum absolute atomic E-state index is 0.114. The molecule has 8 heteroatoms. The highest BCUT2D eigenvalue weighted by Crippen LogP contribution is 2.24. The zero-order valence-corrected chi connectivity index (χ0v) is 15.1. The maximum Gasteiger partial charge on any atom is 0.339 e. The number of carbonyl (C=O) groups excluding carboxylic acids is 2. The third-order valence-corrected chi connectivity index (χ3v) is 4.28. The Kier molecular flexibility index (Phi) is 6.15. The van der Waals surface area contributed by atoms with E-state index in [9.17, 15) is 18.4 Å². The van der Waals surface area contributed by atoms with E-state index in [-0.39, 0.29) is 10.6 Å². The average molecular weight is 383 g/mol. The van der Waals surface area contributed by atoms with Gasteiger partial charge in [0.2, 0.25) is 0 Å². The molecule has 2 amide bonds. The number of halogens is 3. The van der Waals surface area contributed by atoms with E-state index < -0.39 is 29.7 Å². The number of hydrogen-bond acceptors (Lipinski definition) is 3. The Balaban J connectivity index is 2.16. The van der Waals surface area contributed by atoms with Gasteiger partial charge >= 0.3 is 12.0 Å². The van der Waals surface area contributed by atoms with Gasteiger partial charge < -0.3 is 15.0 Å². The molecule has 0 heterocycles. The van der Waals surface area contributed by atoms with Crippen LogP contribution in [0, 0.1) is 11.6 Å². The van der Waals surface area contributed by atoms with E-state index in [0.29, 0.717) is 11.3 Å². The number of anilines is 1. The standard InChI is InChI=1S/C18H17ClF2N2O3/c1-10(11-4-7-15(20)16(21)8-11)23(2)18(25)22-12-5-6-14(19)13(9-12)17(24)26-3/h4-10H,1-3H3,(H,22,25). The number of nitrogens with zero attached hydrogens (tertiary/aromatic N) is 1. The molecule has 0 aliphatic carbocycles. The predicted molar refractivity (Wildman–Crippen MR) is 94.3 cm³/mol. The first-order valence-electron chi connectivity index (χ1n) is 7.61. The van der Waals surface area contributed by atoms with Gasteiger partial charge in [-0.1, -0.05) is 17.7 Å². The minimum Gasteiger partial charge on any atom is -0.465 e. The molecule has 26 heavy (non-hydrogen) atoms. The first kappa shape index (κ1) is 19.7. The van der Waals surface area contributed by atoms with Gasteiger partial charge in [0.25, 0.3) is 0 Å². The molecular formula is C18H17ClF2N2O3. The zero-order chi connectivity index (χ0) is 19.4. The number of ether oxygens (including phenoxy) is 1. The Labute approximate surface area is 154 Å².